The second kappa shape index (κ2) is 7.67. The van der Waals surface area contributed by atoms with Gasteiger partial charge in [-0.2, -0.15) is 0 Å². The minimum atomic E-state index is -0.955. The number of carboxylic acid groups (broad SMARTS) is 1. The number of nitrogens with one attached hydrogen (secondary N) is 1. The van der Waals surface area contributed by atoms with Crippen LogP contribution in [0.1, 0.15) is 26.2 Å². The maximum absolute atomic E-state index is 12.5. The van der Waals surface area contributed by atoms with Gasteiger partial charge in [0, 0.05) is 13.6 Å². The van der Waals surface area contributed by atoms with Crippen LogP contribution >= 0.6 is 0 Å². The summed E-state index contributed by atoms with van der Waals surface area (Å²) in [4.78, 5) is 36.7. The number of likely N-dealkylation sites (N-methyl/N-ethyl adjacent to an activating group) is 1. The molecular formula is C14H22N2O4. The zero-order chi connectivity index (χ0) is 15.1. The fourth-order valence-corrected chi connectivity index (χ4v) is 2.38. The van der Waals surface area contributed by atoms with Crippen molar-refractivity contribution in [1.29, 1.82) is 0 Å². The lowest BCUT2D eigenvalue weighted by Crippen LogP contribution is -2.46. The summed E-state index contributed by atoms with van der Waals surface area (Å²) in [5, 5.41) is 11.7. The van der Waals surface area contributed by atoms with E-state index in [-0.39, 0.29) is 18.4 Å². The standard InChI is InChI=1S/C14H22N2O4/c1-3-8-16(9-12(17)15-2)13(18)10-6-4-5-7-11(10)14(19)20/h4-5,10-11H,3,6-9H2,1-2H3,(H,15,17)(H,19,20)/t10-,11+/m1/s1. The van der Waals surface area contributed by atoms with Crippen molar-refractivity contribution >= 4 is 17.8 Å². The highest BCUT2D eigenvalue weighted by Gasteiger charge is 2.36. The Balaban J connectivity index is 2.83. The molecular weight excluding hydrogens is 260 g/mol. The molecule has 0 saturated carbocycles. The number of carbonyl (C=O) groups is 3. The molecule has 0 unspecified atom stereocenters. The lowest BCUT2D eigenvalue weighted by atomic mass is 9.82. The molecule has 0 saturated heterocycles. The van der Waals surface area contributed by atoms with Crippen molar-refractivity contribution in [3.05, 3.63) is 12.2 Å². The average molecular weight is 282 g/mol. The predicted octanol–water partition coefficient (Wildman–Crippen LogP) is 0.638. The van der Waals surface area contributed by atoms with Crippen LogP contribution in [-0.2, 0) is 14.4 Å². The zero-order valence-corrected chi connectivity index (χ0v) is 12.0. The van der Waals surface area contributed by atoms with Crippen LogP contribution in [0.2, 0.25) is 0 Å². The van der Waals surface area contributed by atoms with E-state index in [4.69, 9.17) is 0 Å². The first-order chi connectivity index (χ1) is 9.51. The van der Waals surface area contributed by atoms with Gasteiger partial charge in [-0.3, -0.25) is 14.4 Å². The molecule has 2 atom stereocenters. The predicted molar refractivity (Wildman–Crippen MR) is 73.9 cm³/mol. The molecule has 2 amide bonds. The fourth-order valence-electron chi connectivity index (χ4n) is 2.38. The minimum absolute atomic E-state index is 0.0181. The van der Waals surface area contributed by atoms with Gasteiger partial charge in [-0.25, -0.2) is 0 Å². The number of carboxylic acids is 1. The molecule has 0 aromatic heterocycles. The molecule has 6 nitrogen and oxygen atoms in total. The SMILES string of the molecule is CCCN(CC(=O)NC)C(=O)[C@@H]1CC=CC[C@@H]1C(=O)O. The van der Waals surface area contributed by atoms with Crippen molar-refractivity contribution in [3.8, 4) is 0 Å². The van der Waals surface area contributed by atoms with E-state index >= 15 is 0 Å². The molecule has 0 heterocycles. The molecule has 0 aliphatic heterocycles. The van der Waals surface area contributed by atoms with Gasteiger partial charge in [-0.05, 0) is 19.3 Å². The van der Waals surface area contributed by atoms with Gasteiger partial charge in [0.25, 0.3) is 0 Å². The van der Waals surface area contributed by atoms with Crippen LogP contribution in [0.5, 0.6) is 0 Å². The smallest absolute Gasteiger partial charge is 0.307 e. The van der Waals surface area contributed by atoms with E-state index < -0.39 is 17.8 Å². The van der Waals surface area contributed by atoms with Crippen LogP contribution in [0, 0.1) is 11.8 Å². The number of hydrogen-bond acceptors (Lipinski definition) is 3. The van der Waals surface area contributed by atoms with E-state index in [9.17, 15) is 19.5 Å². The Bertz CT molecular complexity index is 406. The summed E-state index contributed by atoms with van der Waals surface area (Å²) < 4.78 is 0. The third kappa shape index (κ3) is 4.08. The molecule has 2 N–H and O–H groups in total. The molecule has 0 bridgehead atoms. The molecule has 1 aliphatic rings. The Labute approximate surface area is 118 Å². The molecule has 1 aliphatic carbocycles. The number of rotatable bonds is 6. The minimum Gasteiger partial charge on any atom is -0.481 e. The molecule has 20 heavy (non-hydrogen) atoms. The molecule has 0 radical (unpaired) electrons. The summed E-state index contributed by atoms with van der Waals surface area (Å²) in [6, 6.07) is 0. The van der Waals surface area contributed by atoms with Crippen molar-refractivity contribution in [1.82, 2.24) is 10.2 Å². The van der Waals surface area contributed by atoms with Gasteiger partial charge < -0.3 is 15.3 Å². The van der Waals surface area contributed by atoms with Gasteiger partial charge in [0.2, 0.25) is 11.8 Å². The summed E-state index contributed by atoms with van der Waals surface area (Å²) in [6.07, 6.45) is 5.15. The molecule has 6 heteroatoms. The number of carbonyl (C=O) groups excluding carboxylic acids is 2. The third-order valence-corrected chi connectivity index (χ3v) is 3.49. The summed E-state index contributed by atoms with van der Waals surface area (Å²) in [5.74, 6) is -2.72. The highest BCUT2D eigenvalue weighted by atomic mass is 16.4. The Hall–Kier alpha value is -1.85. The molecule has 1 rings (SSSR count). The zero-order valence-electron chi connectivity index (χ0n) is 12.0. The van der Waals surface area contributed by atoms with Crippen LogP contribution in [0.25, 0.3) is 0 Å². The lowest BCUT2D eigenvalue weighted by molar-refractivity contribution is -0.151. The largest absolute Gasteiger partial charge is 0.481 e. The lowest BCUT2D eigenvalue weighted by Gasteiger charge is -2.30. The monoisotopic (exact) mass is 282 g/mol. The topological polar surface area (TPSA) is 86.7 Å². The number of aliphatic carboxylic acids is 1. The van der Waals surface area contributed by atoms with Crippen LogP contribution < -0.4 is 5.32 Å². The summed E-state index contributed by atoms with van der Waals surface area (Å²) in [7, 11) is 1.51. The van der Waals surface area contributed by atoms with E-state index in [1.54, 1.807) is 6.08 Å². The first-order valence-corrected chi connectivity index (χ1v) is 6.88. The summed E-state index contributed by atoms with van der Waals surface area (Å²) >= 11 is 0. The molecule has 0 aromatic carbocycles. The molecule has 0 fully saturated rings. The van der Waals surface area contributed by atoms with Gasteiger partial charge in [0.1, 0.15) is 0 Å². The van der Waals surface area contributed by atoms with Crippen LogP contribution in [0.4, 0.5) is 0 Å². The fraction of sp³-hybridized carbons (Fsp3) is 0.643. The number of hydrogen-bond donors (Lipinski definition) is 2. The third-order valence-electron chi connectivity index (χ3n) is 3.49. The van der Waals surface area contributed by atoms with Crippen LogP contribution in [0.3, 0.4) is 0 Å². The Morgan fingerprint density at radius 2 is 1.85 bits per heavy atom. The first kappa shape index (κ1) is 16.2. The van der Waals surface area contributed by atoms with Crippen LogP contribution in [-0.4, -0.2) is 47.9 Å². The molecule has 112 valence electrons. The second-order valence-electron chi connectivity index (χ2n) is 4.93. The highest BCUT2D eigenvalue weighted by molar-refractivity contribution is 5.89. The van der Waals surface area contributed by atoms with Crippen LogP contribution in [0.15, 0.2) is 12.2 Å². The molecule has 0 spiro atoms. The van der Waals surface area contributed by atoms with Gasteiger partial charge in [-0.15, -0.1) is 0 Å². The van der Waals surface area contributed by atoms with Gasteiger partial charge in [-0.1, -0.05) is 19.1 Å². The summed E-state index contributed by atoms with van der Waals surface area (Å²) in [5.41, 5.74) is 0. The van der Waals surface area contributed by atoms with Gasteiger partial charge in [0.05, 0.1) is 18.4 Å². The van der Waals surface area contributed by atoms with E-state index in [2.05, 4.69) is 5.32 Å². The highest BCUT2D eigenvalue weighted by Crippen LogP contribution is 2.27. The quantitative estimate of drug-likeness (QED) is 0.700. The summed E-state index contributed by atoms with van der Waals surface area (Å²) in [6.45, 7) is 2.36. The Morgan fingerprint density at radius 3 is 2.35 bits per heavy atom. The number of allylic oxidation sites excluding steroid dienone is 2. The number of nitrogens with zero attached hydrogens (tertiary/aromatic N) is 1. The van der Waals surface area contributed by atoms with Gasteiger partial charge in [0.15, 0.2) is 0 Å². The van der Waals surface area contributed by atoms with Crippen molar-refractivity contribution < 1.29 is 19.5 Å². The van der Waals surface area contributed by atoms with E-state index in [0.29, 0.717) is 19.4 Å². The normalized spacial score (nSPS) is 21.3. The van der Waals surface area contributed by atoms with E-state index in [1.165, 1.54) is 11.9 Å². The van der Waals surface area contributed by atoms with Crippen molar-refractivity contribution in [3.63, 3.8) is 0 Å². The Kier molecular flexibility index (Phi) is 6.21. The second-order valence-corrected chi connectivity index (χ2v) is 4.93. The Morgan fingerprint density at radius 1 is 1.25 bits per heavy atom. The average Bonchev–Trinajstić information content (AvgIpc) is 2.45. The van der Waals surface area contributed by atoms with E-state index in [0.717, 1.165) is 6.42 Å². The maximum atomic E-state index is 12.5. The van der Waals surface area contributed by atoms with Crippen molar-refractivity contribution in [2.24, 2.45) is 11.8 Å². The van der Waals surface area contributed by atoms with Gasteiger partial charge >= 0.3 is 5.97 Å². The number of amides is 2. The maximum Gasteiger partial charge on any atom is 0.307 e. The molecule has 0 aromatic rings. The van der Waals surface area contributed by atoms with Crippen molar-refractivity contribution in [2.45, 2.75) is 26.2 Å². The van der Waals surface area contributed by atoms with E-state index in [1.807, 2.05) is 13.0 Å². The van der Waals surface area contributed by atoms with Crippen molar-refractivity contribution in [2.75, 3.05) is 20.1 Å². The first-order valence-electron chi connectivity index (χ1n) is 6.88.